The lowest BCUT2D eigenvalue weighted by atomic mass is 9.89. The predicted octanol–water partition coefficient (Wildman–Crippen LogP) is 4.31. The summed E-state index contributed by atoms with van der Waals surface area (Å²) >= 11 is 0. The van der Waals surface area contributed by atoms with Gasteiger partial charge in [0.05, 0.1) is 19.8 Å². The molecule has 0 saturated heterocycles. The van der Waals surface area contributed by atoms with E-state index in [1.165, 1.54) is 21.1 Å². The van der Waals surface area contributed by atoms with Crippen molar-refractivity contribution in [3.05, 3.63) is 58.7 Å². The second kappa shape index (κ2) is 7.54. The fraction of sp³-hybridized carbons (Fsp3) is 0.261. The number of ether oxygens (including phenoxy) is 3. The first kappa shape index (κ1) is 20.3. The number of hydrogen-bond acceptors (Lipinski definition) is 6. The van der Waals surface area contributed by atoms with Crippen molar-refractivity contribution in [2.24, 2.45) is 0 Å². The molecule has 0 aromatic heterocycles. The zero-order chi connectivity index (χ0) is 21.3. The Morgan fingerprint density at radius 1 is 0.931 bits per heavy atom. The van der Waals surface area contributed by atoms with E-state index < -0.39 is 17.5 Å². The first-order valence-corrected chi connectivity index (χ1v) is 9.05. The molecular weight excluding hydrogens is 372 g/mol. The molecule has 0 atom stereocenters. The number of methoxy groups -OCH3 is 2. The number of fused-ring (bicyclic) bond motifs is 1. The van der Waals surface area contributed by atoms with Gasteiger partial charge in [0.1, 0.15) is 16.9 Å². The van der Waals surface area contributed by atoms with Crippen molar-refractivity contribution in [3.8, 4) is 16.9 Å². The zero-order valence-electron chi connectivity index (χ0n) is 17.0. The molecule has 29 heavy (non-hydrogen) atoms. The lowest BCUT2D eigenvalue weighted by molar-refractivity contribution is 0.0545. The second-order valence-corrected chi connectivity index (χ2v) is 7.25. The minimum atomic E-state index is -0.699. The highest BCUT2D eigenvalue weighted by molar-refractivity contribution is 6.11. The maximum absolute atomic E-state index is 12.7. The molecule has 3 rings (SSSR count). The maximum Gasteiger partial charge on any atom is 0.342 e. The summed E-state index contributed by atoms with van der Waals surface area (Å²) in [6.07, 6.45) is 3.72. The third-order valence-electron chi connectivity index (χ3n) is 4.72. The Morgan fingerprint density at radius 2 is 1.52 bits per heavy atom. The van der Waals surface area contributed by atoms with E-state index >= 15 is 0 Å². The van der Waals surface area contributed by atoms with E-state index in [2.05, 4.69) is 0 Å². The smallest absolute Gasteiger partial charge is 0.342 e. The van der Waals surface area contributed by atoms with Crippen molar-refractivity contribution in [1.29, 1.82) is 0 Å². The highest BCUT2D eigenvalue weighted by Gasteiger charge is 2.33. The lowest BCUT2D eigenvalue weighted by Crippen LogP contribution is -2.30. The van der Waals surface area contributed by atoms with Crippen LogP contribution in [0.4, 0.5) is 0 Å². The third kappa shape index (κ3) is 3.78. The van der Waals surface area contributed by atoms with Gasteiger partial charge in [-0.15, -0.1) is 0 Å². The Hall–Kier alpha value is -3.41. The summed E-state index contributed by atoms with van der Waals surface area (Å²) in [7, 11) is 2.49. The molecule has 0 spiro atoms. The molecule has 0 saturated carbocycles. The van der Waals surface area contributed by atoms with Gasteiger partial charge in [-0.1, -0.05) is 30.3 Å². The molecule has 6 nitrogen and oxygen atoms in total. The number of carbonyl (C=O) groups is 3. The molecule has 0 bridgehead atoms. The fourth-order valence-corrected chi connectivity index (χ4v) is 3.23. The molecule has 0 N–H and O–H groups in total. The molecule has 2 aromatic carbocycles. The second-order valence-electron chi connectivity index (χ2n) is 7.25. The number of rotatable bonds is 4. The third-order valence-corrected chi connectivity index (χ3v) is 4.72. The molecule has 0 unspecified atom stereocenters. The molecule has 150 valence electrons. The molecule has 1 heterocycles. The summed E-state index contributed by atoms with van der Waals surface area (Å²) in [4.78, 5) is 37.0. The fourth-order valence-electron chi connectivity index (χ4n) is 3.23. The van der Waals surface area contributed by atoms with E-state index in [-0.39, 0.29) is 22.7 Å². The number of hydrogen-bond donors (Lipinski definition) is 0. The summed E-state index contributed by atoms with van der Waals surface area (Å²) in [6, 6.07) is 8.56. The number of esters is 2. The van der Waals surface area contributed by atoms with Crippen LogP contribution in [0.25, 0.3) is 17.2 Å². The van der Waals surface area contributed by atoms with E-state index in [1.54, 1.807) is 30.3 Å². The Bertz CT molecular complexity index is 1030. The number of Topliss-reactive ketones (excluding diaryl/α,β-unsaturated/α-hetero) is 1. The van der Waals surface area contributed by atoms with Gasteiger partial charge in [0.15, 0.2) is 5.78 Å². The van der Waals surface area contributed by atoms with Crippen LogP contribution in [0.2, 0.25) is 0 Å². The van der Waals surface area contributed by atoms with Crippen LogP contribution in [0.5, 0.6) is 5.75 Å². The molecule has 2 aromatic rings. The van der Waals surface area contributed by atoms with E-state index in [0.29, 0.717) is 22.3 Å². The van der Waals surface area contributed by atoms with Gasteiger partial charge in [-0.25, -0.2) is 9.59 Å². The van der Waals surface area contributed by atoms with E-state index in [0.717, 1.165) is 0 Å². The van der Waals surface area contributed by atoms with Gasteiger partial charge in [-0.2, -0.15) is 0 Å². The van der Waals surface area contributed by atoms with Crippen molar-refractivity contribution >= 4 is 23.8 Å². The lowest BCUT2D eigenvalue weighted by Gasteiger charge is -2.30. The first-order chi connectivity index (χ1) is 13.7. The number of benzene rings is 2. The standard InChI is InChI=1S/C23H22O6/c1-13(24)14-6-8-15(9-7-14)17-12-16-10-11-23(2,3)29-20(16)19(22(26)28-5)18(17)21(25)27-4/h6-12H,1-5H3. The van der Waals surface area contributed by atoms with Crippen molar-refractivity contribution in [1.82, 2.24) is 0 Å². The molecule has 1 aliphatic heterocycles. The quantitative estimate of drug-likeness (QED) is 0.568. The largest absolute Gasteiger partial charge is 0.482 e. The Labute approximate surface area is 169 Å². The van der Waals surface area contributed by atoms with Gasteiger partial charge < -0.3 is 14.2 Å². The van der Waals surface area contributed by atoms with Gasteiger partial charge in [-0.3, -0.25) is 4.79 Å². The maximum atomic E-state index is 12.7. The van der Waals surface area contributed by atoms with Gasteiger partial charge in [0.2, 0.25) is 0 Å². The van der Waals surface area contributed by atoms with Crippen molar-refractivity contribution < 1.29 is 28.6 Å². The van der Waals surface area contributed by atoms with Crippen LogP contribution in [0.1, 0.15) is 57.4 Å². The molecule has 0 amide bonds. The van der Waals surface area contributed by atoms with Gasteiger partial charge >= 0.3 is 11.9 Å². The summed E-state index contributed by atoms with van der Waals surface area (Å²) in [5, 5.41) is 0. The van der Waals surface area contributed by atoms with Crippen LogP contribution in [-0.4, -0.2) is 37.5 Å². The highest BCUT2D eigenvalue weighted by Crippen LogP contribution is 2.41. The van der Waals surface area contributed by atoms with Crippen LogP contribution >= 0.6 is 0 Å². The normalized spacial score (nSPS) is 13.8. The zero-order valence-corrected chi connectivity index (χ0v) is 17.0. The van der Waals surface area contributed by atoms with Crippen LogP contribution in [0, 0.1) is 0 Å². The molecule has 6 heteroatoms. The van der Waals surface area contributed by atoms with Gasteiger partial charge in [0, 0.05) is 11.1 Å². The Balaban J connectivity index is 2.35. The molecular formula is C23H22O6. The molecule has 0 fully saturated rings. The van der Waals surface area contributed by atoms with Crippen LogP contribution in [-0.2, 0) is 9.47 Å². The summed E-state index contributed by atoms with van der Waals surface area (Å²) in [6.45, 7) is 5.17. The molecule has 0 aliphatic carbocycles. The summed E-state index contributed by atoms with van der Waals surface area (Å²) in [5.41, 5.74) is 1.74. The number of ketones is 1. The van der Waals surface area contributed by atoms with Crippen LogP contribution < -0.4 is 4.74 Å². The Morgan fingerprint density at radius 3 is 2.07 bits per heavy atom. The summed E-state index contributed by atoms with van der Waals surface area (Å²) < 4.78 is 15.9. The summed E-state index contributed by atoms with van der Waals surface area (Å²) in [5.74, 6) is -1.18. The first-order valence-electron chi connectivity index (χ1n) is 9.05. The van der Waals surface area contributed by atoms with Gasteiger partial charge in [0.25, 0.3) is 0 Å². The van der Waals surface area contributed by atoms with E-state index in [4.69, 9.17) is 14.2 Å². The van der Waals surface area contributed by atoms with Crippen LogP contribution in [0.3, 0.4) is 0 Å². The molecule has 0 radical (unpaired) electrons. The van der Waals surface area contributed by atoms with Gasteiger partial charge in [-0.05, 0) is 44.0 Å². The topological polar surface area (TPSA) is 78.9 Å². The van der Waals surface area contributed by atoms with Crippen molar-refractivity contribution in [2.75, 3.05) is 14.2 Å². The highest BCUT2D eigenvalue weighted by atomic mass is 16.5. The average molecular weight is 394 g/mol. The van der Waals surface area contributed by atoms with Crippen molar-refractivity contribution in [2.45, 2.75) is 26.4 Å². The Kier molecular flexibility index (Phi) is 5.29. The predicted molar refractivity (Wildman–Crippen MR) is 108 cm³/mol. The minimum absolute atomic E-state index is 0.0138. The monoisotopic (exact) mass is 394 g/mol. The number of carbonyl (C=O) groups excluding carboxylic acids is 3. The van der Waals surface area contributed by atoms with E-state index in [9.17, 15) is 14.4 Å². The molecule has 1 aliphatic rings. The average Bonchev–Trinajstić information content (AvgIpc) is 2.70. The van der Waals surface area contributed by atoms with Crippen LogP contribution in [0.15, 0.2) is 36.4 Å². The minimum Gasteiger partial charge on any atom is -0.482 e. The van der Waals surface area contributed by atoms with Crippen molar-refractivity contribution in [3.63, 3.8) is 0 Å². The SMILES string of the molecule is COC(=O)c1c(-c2ccc(C(C)=O)cc2)cc2c(c1C(=O)OC)OC(C)(C)C=C2. The van der Waals surface area contributed by atoms with E-state index in [1.807, 2.05) is 26.0 Å².